The van der Waals surface area contributed by atoms with Gasteiger partial charge in [-0.2, -0.15) is 13.2 Å². The molecule has 0 unspecified atom stereocenters. The zero-order chi connectivity index (χ0) is 18.6. The van der Waals surface area contributed by atoms with Crippen molar-refractivity contribution in [1.82, 2.24) is 4.98 Å². The largest absolute Gasteiger partial charge is 0.419 e. The predicted octanol–water partition coefficient (Wildman–Crippen LogP) is 5.96. The molecule has 2 aromatic carbocycles. The van der Waals surface area contributed by atoms with Gasteiger partial charge in [0, 0.05) is 13.1 Å². The van der Waals surface area contributed by atoms with Crippen molar-refractivity contribution in [3.63, 3.8) is 0 Å². The van der Waals surface area contributed by atoms with Crippen LogP contribution in [0.25, 0.3) is 0 Å². The molecule has 26 heavy (non-hydrogen) atoms. The number of pyridine rings is 1. The first-order chi connectivity index (χ1) is 12.4. The molecule has 3 aromatic rings. The van der Waals surface area contributed by atoms with E-state index in [0.29, 0.717) is 18.9 Å². The second-order valence-corrected chi connectivity index (χ2v) is 6.19. The van der Waals surface area contributed by atoms with Gasteiger partial charge in [-0.1, -0.05) is 72.3 Å². The van der Waals surface area contributed by atoms with Crippen molar-refractivity contribution in [2.24, 2.45) is 0 Å². The molecule has 0 amide bonds. The maximum atomic E-state index is 12.9. The number of hydrogen-bond donors (Lipinski definition) is 0. The molecule has 0 saturated heterocycles. The summed E-state index contributed by atoms with van der Waals surface area (Å²) < 4.78 is 38.8. The first kappa shape index (κ1) is 18.3. The number of alkyl halides is 3. The normalized spacial score (nSPS) is 11.4. The molecule has 0 aliphatic carbocycles. The van der Waals surface area contributed by atoms with Crippen LogP contribution in [0.4, 0.5) is 19.0 Å². The minimum Gasteiger partial charge on any atom is -0.348 e. The Morgan fingerprint density at radius 3 is 1.69 bits per heavy atom. The molecule has 0 N–H and O–H groups in total. The smallest absolute Gasteiger partial charge is 0.348 e. The molecule has 0 radical (unpaired) electrons. The summed E-state index contributed by atoms with van der Waals surface area (Å²) in [4.78, 5) is 5.90. The van der Waals surface area contributed by atoms with Gasteiger partial charge in [-0.25, -0.2) is 4.98 Å². The van der Waals surface area contributed by atoms with E-state index < -0.39 is 16.9 Å². The van der Waals surface area contributed by atoms with Crippen LogP contribution >= 0.6 is 11.6 Å². The molecule has 6 heteroatoms. The van der Waals surface area contributed by atoms with E-state index in [1.807, 2.05) is 65.6 Å². The van der Waals surface area contributed by atoms with Gasteiger partial charge in [0.05, 0.1) is 5.56 Å². The van der Waals surface area contributed by atoms with Crippen molar-refractivity contribution in [2.45, 2.75) is 19.3 Å². The van der Waals surface area contributed by atoms with Gasteiger partial charge in [0.1, 0.15) is 11.0 Å². The average molecular weight is 377 g/mol. The summed E-state index contributed by atoms with van der Waals surface area (Å²) in [6.45, 7) is 1.01. The summed E-state index contributed by atoms with van der Waals surface area (Å²) in [6, 6.07) is 21.7. The molecule has 0 bridgehead atoms. The van der Waals surface area contributed by atoms with Gasteiger partial charge < -0.3 is 4.90 Å². The zero-order valence-corrected chi connectivity index (χ0v) is 14.5. The predicted molar refractivity (Wildman–Crippen MR) is 97.0 cm³/mol. The van der Waals surface area contributed by atoms with Crippen LogP contribution in [0.2, 0.25) is 5.15 Å². The average Bonchev–Trinajstić information content (AvgIpc) is 2.62. The third-order valence-corrected chi connectivity index (χ3v) is 4.18. The fourth-order valence-corrected chi connectivity index (χ4v) is 2.89. The number of rotatable bonds is 5. The van der Waals surface area contributed by atoms with Crippen molar-refractivity contribution in [3.05, 3.63) is 94.6 Å². The molecule has 0 aliphatic rings. The molecule has 0 spiro atoms. The summed E-state index contributed by atoms with van der Waals surface area (Å²) in [5, 5.41) is -0.541. The van der Waals surface area contributed by atoms with Crippen LogP contribution in [-0.4, -0.2) is 4.98 Å². The Hall–Kier alpha value is -2.53. The van der Waals surface area contributed by atoms with E-state index in [1.165, 1.54) is 6.07 Å². The van der Waals surface area contributed by atoms with E-state index in [4.69, 9.17) is 11.6 Å². The van der Waals surface area contributed by atoms with Crippen molar-refractivity contribution in [2.75, 3.05) is 4.90 Å². The van der Waals surface area contributed by atoms with Crippen molar-refractivity contribution in [1.29, 1.82) is 0 Å². The fraction of sp³-hybridized carbons (Fsp3) is 0.150. The van der Waals surface area contributed by atoms with Crippen molar-refractivity contribution >= 4 is 17.4 Å². The Bertz CT molecular complexity index is 810. The molecule has 0 saturated carbocycles. The molecule has 1 aromatic heterocycles. The molecular weight excluding hydrogens is 361 g/mol. The molecule has 2 nitrogen and oxygen atoms in total. The van der Waals surface area contributed by atoms with Crippen LogP contribution < -0.4 is 4.90 Å². The van der Waals surface area contributed by atoms with E-state index in [2.05, 4.69) is 4.98 Å². The quantitative estimate of drug-likeness (QED) is 0.511. The van der Waals surface area contributed by atoms with Crippen LogP contribution in [0.1, 0.15) is 16.7 Å². The summed E-state index contributed by atoms with van der Waals surface area (Å²) in [5.74, 6) is 0.399. The second kappa shape index (κ2) is 7.79. The second-order valence-electron chi connectivity index (χ2n) is 5.83. The molecule has 3 rings (SSSR count). The van der Waals surface area contributed by atoms with E-state index in [-0.39, 0.29) is 0 Å². The van der Waals surface area contributed by atoms with Gasteiger partial charge in [0.25, 0.3) is 0 Å². The molecule has 0 atom stereocenters. The maximum Gasteiger partial charge on any atom is 0.419 e. The number of anilines is 1. The number of benzene rings is 2. The summed E-state index contributed by atoms with van der Waals surface area (Å²) in [7, 11) is 0. The third-order valence-electron chi connectivity index (χ3n) is 3.90. The highest BCUT2D eigenvalue weighted by molar-refractivity contribution is 6.30. The van der Waals surface area contributed by atoms with Gasteiger partial charge >= 0.3 is 6.18 Å². The van der Waals surface area contributed by atoms with Crippen LogP contribution in [0, 0.1) is 0 Å². The van der Waals surface area contributed by atoms with Crippen molar-refractivity contribution < 1.29 is 13.2 Å². The highest BCUT2D eigenvalue weighted by atomic mass is 35.5. The summed E-state index contributed by atoms with van der Waals surface area (Å²) in [5.41, 5.74) is 1.13. The van der Waals surface area contributed by atoms with Gasteiger partial charge in [0.2, 0.25) is 0 Å². The Morgan fingerprint density at radius 1 is 0.769 bits per heavy atom. The van der Waals surface area contributed by atoms with Crippen LogP contribution in [0.5, 0.6) is 0 Å². The maximum absolute atomic E-state index is 12.9. The lowest BCUT2D eigenvalue weighted by molar-refractivity contribution is -0.137. The summed E-state index contributed by atoms with van der Waals surface area (Å²) in [6.07, 6.45) is -4.52. The van der Waals surface area contributed by atoms with Crippen molar-refractivity contribution in [3.8, 4) is 0 Å². The Kier molecular flexibility index (Phi) is 5.47. The molecule has 0 aliphatic heterocycles. The van der Waals surface area contributed by atoms with Gasteiger partial charge in [-0.3, -0.25) is 0 Å². The molecule has 134 valence electrons. The monoisotopic (exact) mass is 376 g/mol. The van der Waals surface area contributed by atoms with Crippen LogP contribution in [0.15, 0.2) is 72.8 Å². The zero-order valence-electron chi connectivity index (χ0n) is 13.7. The fourth-order valence-electron chi connectivity index (χ4n) is 2.64. The Labute approximate surface area is 154 Å². The first-order valence-corrected chi connectivity index (χ1v) is 8.38. The number of hydrogen-bond acceptors (Lipinski definition) is 2. The molecule has 0 fully saturated rings. The standard InChI is InChI=1S/C20H16ClF3N2/c21-19-17(20(22,23)24)11-12-18(25-19)26(13-15-7-3-1-4-8-15)14-16-9-5-2-6-10-16/h1-12H,13-14H2. The van der Waals surface area contributed by atoms with E-state index in [0.717, 1.165) is 17.2 Å². The van der Waals surface area contributed by atoms with E-state index >= 15 is 0 Å². The third kappa shape index (κ3) is 4.55. The van der Waals surface area contributed by atoms with Gasteiger partial charge in [-0.15, -0.1) is 0 Å². The highest BCUT2D eigenvalue weighted by Crippen LogP contribution is 2.35. The van der Waals surface area contributed by atoms with E-state index in [9.17, 15) is 13.2 Å². The highest BCUT2D eigenvalue weighted by Gasteiger charge is 2.34. The lowest BCUT2D eigenvalue weighted by Crippen LogP contribution is -2.23. The van der Waals surface area contributed by atoms with Crippen LogP contribution in [-0.2, 0) is 19.3 Å². The first-order valence-electron chi connectivity index (χ1n) is 8.00. The number of halogens is 4. The lowest BCUT2D eigenvalue weighted by atomic mass is 10.1. The minimum atomic E-state index is -4.52. The lowest BCUT2D eigenvalue weighted by Gasteiger charge is -2.25. The minimum absolute atomic E-state index is 0.399. The number of nitrogens with zero attached hydrogens (tertiary/aromatic N) is 2. The summed E-state index contributed by atoms with van der Waals surface area (Å²) >= 11 is 5.81. The van der Waals surface area contributed by atoms with Crippen LogP contribution in [0.3, 0.4) is 0 Å². The van der Waals surface area contributed by atoms with E-state index in [1.54, 1.807) is 0 Å². The van der Waals surface area contributed by atoms with Gasteiger partial charge in [-0.05, 0) is 23.3 Å². The topological polar surface area (TPSA) is 16.1 Å². The molecule has 1 heterocycles. The number of aromatic nitrogens is 1. The Balaban J connectivity index is 1.93. The van der Waals surface area contributed by atoms with Gasteiger partial charge in [0.15, 0.2) is 0 Å². The molecular formula is C20H16ClF3N2. The Morgan fingerprint density at radius 2 is 1.27 bits per heavy atom. The SMILES string of the molecule is FC(F)(F)c1ccc(N(Cc2ccccc2)Cc2ccccc2)nc1Cl.